The Hall–Kier alpha value is -9.25. The van der Waals surface area contributed by atoms with Crippen molar-refractivity contribution in [2.45, 2.75) is 13.8 Å². The van der Waals surface area contributed by atoms with Crippen molar-refractivity contribution in [1.29, 1.82) is 0 Å². The molecule has 0 unspecified atom stereocenters. The van der Waals surface area contributed by atoms with Crippen LogP contribution in [0, 0.1) is 0 Å². The second-order valence-electron chi connectivity index (χ2n) is 17.2. The average molecular weight is 927 g/mol. The lowest BCUT2D eigenvalue weighted by Crippen LogP contribution is -2.08. The van der Waals surface area contributed by atoms with Gasteiger partial charge in [-0.1, -0.05) is 269 Å². The van der Waals surface area contributed by atoms with E-state index in [0.717, 1.165) is 101 Å². The van der Waals surface area contributed by atoms with E-state index in [1.54, 1.807) is 0 Å². The zero-order valence-corrected chi connectivity index (χ0v) is 40.5. The second-order valence-corrected chi connectivity index (χ2v) is 17.2. The first-order valence-corrected chi connectivity index (χ1v) is 24.7. The summed E-state index contributed by atoms with van der Waals surface area (Å²) in [7, 11) is 0. The van der Waals surface area contributed by atoms with Crippen molar-refractivity contribution in [3.8, 4) is 34.2 Å². The zero-order valence-electron chi connectivity index (χ0n) is 40.5. The molecule has 346 valence electrons. The van der Waals surface area contributed by atoms with Gasteiger partial charge in [-0.2, -0.15) is 0 Å². The highest BCUT2D eigenvalue weighted by atomic mass is 15.0. The molecule has 0 aliphatic carbocycles. The van der Waals surface area contributed by atoms with Crippen LogP contribution < -0.4 is 5.32 Å². The molecule has 4 nitrogen and oxygen atoms in total. The van der Waals surface area contributed by atoms with E-state index in [-0.39, 0.29) is 0 Å². The molecule has 0 spiro atoms. The maximum Gasteiger partial charge on any atom is 0.164 e. The van der Waals surface area contributed by atoms with Crippen molar-refractivity contribution >= 4 is 27.9 Å². The highest BCUT2D eigenvalue weighted by molar-refractivity contribution is 6.06. The number of nitrogens with zero attached hydrogens (tertiary/aromatic N) is 3. The van der Waals surface area contributed by atoms with E-state index in [1.165, 1.54) is 0 Å². The van der Waals surface area contributed by atoms with E-state index in [9.17, 15) is 0 Å². The molecular formula is C68H54N4. The van der Waals surface area contributed by atoms with Crippen LogP contribution >= 0.6 is 0 Å². The maximum absolute atomic E-state index is 5.38. The lowest BCUT2D eigenvalue weighted by atomic mass is 9.85. The standard InChI is InChI=1S/C66H48N4.C2H6/c1-7-22-48(23-8-1)60(49-24-9-2-10-25-49)62(52-30-15-5-16-31-52)55-34-19-36-57(44-55)65-68-64(54-41-39-47(40-42-54)59-38-21-43-67-46-59)69-66(70-65)58-37-20-35-56(45-58)63(53-32-17-6-18-33-53)61(50-26-11-3-12-27-50)51-28-13-4-14-29-51;1-2/h1-42,44-46,67H,43H2;1-2H3. The van der Waals surface area contributed by atoms with Crippen molar-refractivity contribution in [2.75, 3.05) is 6.54 Å². The van der Waals surface area contributed by atoms with Crippen molar-refractivity contribution in [1.82, 2.24) is 20.3 Å². The fraction of sp³-hybridized carbons (Fsp3) is 0.0441. The Kier molecular flexibility index (Phi) is 14.5. The Morgan fingerprint density at radius 2 is 0.597 bits per heavy atom. The van der Waals surface area contributed by atoms with Crippen LogP contribution in [0.3, 0.4) is 0 Å². The van der Waals surface area contributed by atoms with Crippen LogP contribution in [0.1, 0.15) is 63.9 Å². The van der Waals surface area contributed by atoms with Crippen molar-refractivity contribution in [3.63, 3.8) is 0 Å². The normalized spacial score (nSPS) is 11.6. The van der Waals surface area contributed by atoms with Gasteiger partial charge in [0.05, 0.1) is 0 Å². The topological polar surface area (TPSA) is 50.7 Å². The van der Waals surface area contributed by atoms with Crippen molar-refractivity contribution < 1.29 is 0 Å². The molecule has 10 aromatic rings. The fourth-order valence-corrected chi connectivity index (χ4v) is 9.30. The molecule has 0 bridgehead atoms. The quantitative estimate of drug-likeness (QED) is 0.124. The number of rotatable bonds is 12. The van der Waals surface area contributed by atoms with E-state index in [4.69, 9.17) is 15.0 Å². The number of aromatic nitrogens is 3. The summed E-state index contributed by atoms with van der Waals surface area (Å²) in [5.41, 5.74) is 18.3. The summed E-state index contributed by atoms with van der Waals surface area (Å²) in [6.07, 6.45) is 6.35. The first-order valence-electron chi connectivity index (χ1n) is 24.7. The third-order valence-electron chi connectivity index (χ3n) is 12.6. The summed E-state index contributed by atoms with van der Waals surface area (Å²) in [4.78, 5) is 16.0. The van der Waals surface area contributed by atoms with Crippen LogP contribution in [-0.4, -0.2) is 21.5 Å². The van der Waals surface area contributed by atoms with Gasteiger partial charge in [0.1, 0.15) is 0 Å². The Balaban J connectivity index is 0.00000295. The molecule has 2 heterocycles. The van der Waals surface area contributed by atoms with Gasteiger partial charge in [-0.25, -0.2) is 15.0 Å². The summed E-state index contributed by atoms with van der Waals surface area (Å²) in [5, 5.41) is 3.34. The molecule has 0 saturated heterocycles. The highest BCUT2D eigenvalue weighted by Gasteiger charge is 2.21. The van der Waals surface area contributed by atoms with E-state index >= 15 is 0 Å². The summed E-state index contributed by atoms with van der Waals surface area (Å²) in [5.74, 6) is 1.76. The summed E-state index contributed by atoms with van der Waals surface area (Å²) < 4.78 is 0. The molecule has 0 fully saturated rings. The molecule has 0 atom stereocenters. The van der Waals surface area contributed by atoms with Crippen molar-refractivity contribution in [3.05, 3.63) is 323 Å². The SMILES string of the molecule is C1=CC(c2ccc(-c3nc(-c4cccc(C(=C(c5ccccc5)c5ccccc5)c5ccccc5)c4)nc(-c4cccc(C(=C(c5ccccc5)c5ccccc5)c5ccccc5)c4)n3)cc2)=CNC1.CC. The Morgan fingerprint density at radius 3 is 0.917 bits per heavy atom. The molecule has 1 N–H and O–H groups in total. The first-order chi connectivity index (χ1) is 35.7. The summed E-state index contributed by atoms with van der Waals surface area (Å²) >= 11 is 0. The monoisotopic (exact) mass is 926 g/mol. The highest BCUT2D eigenvalue weighted by Crippen LogP contribution is 2.40. The number of hydrogen-bond acceptors (Lipinski definition) is 4. The molecular weight excluding hydrogens is 873 g/mol. The number of benzene rings is 9. The van der Waals surface area contributed by atoms with Gasteiger partial charge in [0, 0.05) is 29.4 Å². The van der Waals surface area contributed by atoms with Gasteiger partial charge in [0.25, 0.3) is 0 Å². The van der Waals surface area contributed by atoms with E-state index in [2.05, 4.69) is 278 Å². The zero-order chi connectivity index (χ0) is 48.9. The maximum atomic E-state index is 5.38. The molecule has 0 radical (unpaired) electrons. The number of nitrogens with one attached hydrogen (secondary N) is 1. The molecule has 1 aliphatic heterocycles. The van der Waals surface area contributed by atoms with E-state index in [1.807, 2.05) is 13.8 Å². The predicted molar refractivity (Wildman–Crippen MR) is 301 cm³/mol. The Labute approximate surface area is 423 Å². The largest absolute Gasteiger partial charge is 0.387 e. The molecule has 0 amide bonds. The van der Waals surface area contributed by atoms with Crippen LogP contribution in [0.15, 0.2) is 273 Å². The van der Waals surface area contributed by atoms with Gasteiger partial charge >= 0.3 is 0 Å². The van der Waals surface area contributed by atoms with Crippen LogP contribution in [0.5, 0.6) is 0 Å². The third kappa shape index (κ3) is 10.4. The molecule has 11 rings (SSSR count). The molecule has 9 aromatic carbocycles. The van der Waals surface area contributed by atoms with Crippen LogP contribution in [0.2, 0.25) is 0 Å². The van der Waals surface area contributed by atoms with Gasteiger partial charge in [0.2, 0.25) is 0 Å². The lowest BCUT2D eigenvalue weighted by molar-refractivity contribution is 0.976. The Morgan fingerprint density at radius 1 is 0.306 bits per heavy atom. The Bertz CT molecular complexity index is 3250. The molecule has 1 aromatic heterocycles. The summed E-state index contributed by atoms with van der Waals surface area (Å²) in [6.45, 7) is 4.82. The smallest absolute Gasteiger partial charge is 0.164 e. The average Bonchev–Trinajstić information content (AvgIpc) is 3.48. The predicted octanol–water partition coefficient (Wildman–Crippen LogP) is 16.4. The number of allylic oxidation sites excluding steroid dienone is 2. The minimum atomic E-state index is 0.583. The molecule has 4 heteroatoms. The number of dihydropyridines is 1. The van der Waals surface area contributed by atoms with E-state index in [0.29, 0.717) is 17.5 Å². The van der Waals surface area contributed by atoms with Crippen LogP contribution in [0.25, 0.3) is 62.0 Å². The third-order valence-corrected chi connectivity index (χ3v) is 12.6. The van der Waals surface area contributed by atoms with Gasteiger partial charge in [-0.05, 0) is 90.1 Å². The van der Waals surface area contributed by atoms with Crippen molar-refractivity contribution in [2.24, 2.45) is 0 Å². The molecule has 0 saturated carbocycles. The van der Waals surface area contributed by atoms with Gasteiger partial charge in [0.15, 0.2) is 17.5 Å². The van der Waals surface area contributed by atoms with Crippen LogP contribution in [-0.2, 0) is 0 Å². The fourth-order valence-electron chi connectivity index (χ4n) is 9.30. The first kappa shape index (κ1) is 46.5. The van der Waals surface area contributed by atoms with E-state index < -0.39 is 0 Å². The lowest BCUT2D eigenvalue weighted by Gasteiger charge is -2.19. The van der Waals surface area contributed by atoms with Gasteiger partial charge in [-0.15, -0.1) is 0 Å². The second kappa shape index (κ2) is 22.5. The number of hydrogen-bond donors (Lipinski definition) is 1. The minimum absolute atomic E-state index is 0.583. The molecule has 72 heavy (non-hydrogen) atoms. The van der Waals surface area contributed by atoms with Gasteiger partial charge in [-0.3, -0.25) is 0 Å². The summed E-state index contributed by atoms with van der Waals surface area (Å²) in [6, 6.07) is 89.8. The van der Waals surface area contributed by atoms with Crippen LogP contribution in [0.4, 0.5) is 0 Å². The minimum Gasteiger partial charge on any atom is -0.387 e. The molecule has 1 aliphatic rings. The van der Waals surface area contributed by atoms with Gasteiger partial charge < -0.3 is 5.32 Å².